The highest BCUT2D eigenvalue weighted by atomic mass is 32.1. The Bertz CT molecular complexity index is 922. The summed E-state index contributed by atoms with van der Waals surface area (Å²) in [4.78, 5) is 21.1. The minimum absolute atomic E-state index is 0.231. The predicted octanol–water partition coefficient (Wildman–Crippen LogP) is 3.55. The first kappa shape index (κ1) is 19.4. The number of carbonyl (C=O) groups is 1. The number of aromatic nitrogens is 2. The molecule has 0 aliphatic heterocycles. The lowest BCUT2D eigenvalue weighted by Crippen LogP contribution is -2.28. The van der Waals surface area contributed by atoms with Crippen LogP contribution >= 0.6 is 11.3 Å². The molecule has 8 nitrogen and oxygen atoms in total. The van der Waals surface area contributed by atoms with Gasteiger partial charge < -0.3 is 24.8 Å². The molecule has 0 radical (unpaired) electrons. The van der Waals surface area contributed by atoms with Crippen LogP contribution in [-0.2, 0) is 6.54 Å². The molecule has 9 heteroatoms. The van der Waals surface area contributed by atoms with Crippen molar-refractivity contribution in [2.45, 2.75) is 6.54 Å². The first-order valence-electron chi connectivity index (χ1n) is 8.33. The van der Waals surface area contributed by atoms with Gasteiger partial charge in [-0.15, -0.1) is 0 Å². The van der Waals surface area contributed by atoms with Crippen molar-refractivity contribution < 1.29 is 19.0 Å². The molecule has 2 N–H and O–H groups in total. The number of benzene rings is 1. The summed E-state index contributed by atoms with van der Waals surface area (Å²) in [5.41, 5.74) is 2.90. The highest BCUT2D eigenvalue weighted by Gasteiger charge is 2.15. The van der Waals surface area contributed by atoms with Crippen molar-refractivity contribution in [2.24, 2.45) is 0 Å². The van der Waals surface area contributed by atoms with Crippen LogP contribution in [0.3, 0.4) is 0 Å². The van der Waals surface area contributed by atoms with Gasteiger partial charge in [-0.05, 0) is 11.4 Å². The van der Waals surface area contributed by atoms with Crippen LogP contribution in [0, 0.1) is 0 Å². The molecule has 0 atom stereocenters. The van der Waals surface area contributed by atoms with E-state index in [9.17, 15) is 4.79 Å². The standard InChI is InChI=1S/C19H20N4O4S/c1-25-15-8-13(9-16(26-2)18(15)27-3)23-19(24)22-10-14-17(21-6-5-20-14)12-4-7-28-11-12/h4-9,11H,10H2,1-3H3,(H2,22,23,24). The quantitative estimate of drug-likeness (QED) is 0.630. The Hall–Kier alpha value is -3.33. The van der Waals surface area contributed by atoms with Gasteiger partial charge in [0.15, 0.2) is 11.5 Å². The van der Waals surface area contributed by atoms with E-state index in [0.717, 1.165) is 11.3 Å². The van der Waals surface area contributed by atoms with E-state index in [0.29, 0.717) is 28.6 Å². The van der Waals surface area contributed by atoms with Gasteiger partial charge in [0.1, 0.15) is 0 Å². The molecule has 1 aromatic carbocycles. The summed E-state index contributed by atoms with van der Waals surface area (Å²) >= 11 is 1.58. The van der Waals surface area contributed by atoms with Crippen LogP contribution in [0.2, 0.25) is 0 Å². The minimum atomic E-state index is -0.392. The van der Waals surface area contributed by atoms with Gasteiger partial charge >= 0.3 is 6.03 Å². The van der Waals surface area contributed by atoms with Gasteiger partial charge in [0.05, 0.1) is 44.9 Å². The highest BCUT2D eigenvalue weighted by Crippen LogP contribution is 2.39. The Labute approximate surface area is 166 Å². The van der Waals surface area contributed by atoms with Crippen LogP contribution in [0.25, 0.3) is 11.3 Å². The number of nitrogens with one attached hydrogen (secondary N) is 2. The maximum absolute atomic E-state index is 12.4. The van der Waals surface area contributed by atoms with Crippen molar-refractivity contribution in [1.29, 1.82) is 0 Å². The van der Waals surface area contributed by atoms with E-state index in [1.54, 1.807) is 35.9 Å². The zero-order chi connectivity index (χ0) is 19.9. The minimum Gasteiger partial charge on any atom is -0.493 e. The maximum Gasteiger partial charge on any atom is 0.319 e. The van der Waals surface area contributed by atoms with Gasteiger partial charge in [-0.25, -0.2) is 4.79 Å². The third kappa shape index (κ3) is 4.32. The molecule has 2 heterocycles. The third-order valence-electron chi connectivity index (χ3n) is 3.91. The number of urea groups is 1. The summed E-state index contributed by atoms with van der Waals surface area (Å²) in [6, 6.07) is 4.88. The topological polar surface area (TPSA) is 94.6 Å². The average molecular weight is 400 g/mol. The van der Waals surface area contributed by atoms with Crippen LogP contribution in [-0.4, -0.2) is 37.3 Å². The van der Waals surface area contributed by atoms with Gasteiger partial charge in [0, 0.05) is 35.5 Å². The first-order chi connectivity index (χ1) is 13.7. The normalized spacial score (nSPS) is 10.2. The average Bonchev–Trinajstić information content (AvgIpc) is 3.26. The molecule has 0 unspecified atom stereocenters. The Balaban J connectivity index is 1.71. The Morgan fingerprint density at radius 3 is 2.39 bits per heavy atom. The zero-order valence-corrected chi connectivity index (χ0v) is 16.5. The van der Waals surface area contributed by atoms with E-state index < -0.39 is 6.03 Å². The van der Waals surface area contributed by atoms with Gasteiger partial charge in [-0.3, -0.25) is 9.97 Å². The van der Waals surface area contributed by atoms with E-state index in [1.165, 1.54) is 21.3 Å². The van der Waals surface area contributed by atoms with E-state index in [4.69, 9.17) is 14.2 Å². The van der Waals surface area contributed by atoms with E-state index >= 15 is 0 Å². The Morgan fingerprint density at radius 1 is 1.07 bits per heavy atom. The number of nitrogens with zero attached hydrogens (tertiary/aromatic N) is 2. The molecule has 3 rings (SSSR count). The molecule has 2 aromatic heterocycles. The summed E-state index contributed by atoms with van der Waals surface area (Å²) in [7, 11) is 4.55. The molecule has 2 amide bonds. The van der Waals surface area contributed by atoms with E-state index in [2.05, 4.69) is 20.6 Å². The lowest BCUT2D eigenvalue weighted by Gasteiger charge is -2.15. The molecular weight excluding hydrogens is 380 g/mol. The summed E-state index contributed by atoms with van der Waals surface area (Å²) in [5.74, 6) is 1.35. The monoisotopic (exact) mass is 400 g/mol. The summed E-state index contributed by atoms with van der Waals surface area (Å²) in [5, 5.41) is 9.51. The Kier molecular flexibility index (Phi) is 6.28. The predicted molar refractivity (Wildman–Crippen MR) is 107 cm³/mol. The molecule has 0 aliphatic rings. The van der Waals surface area contributed by atoms with Crippen LogP contribution in [0.4, 0.5) is 10.5 Å². The first-order valence-corrected chi connectivity index (χ1v) is 9.27. The molecular formula is C19H20N4O4S. The van der Waals surface area contributed by atoms with Crippen molar-refractivity contribution in [2.75, 3.05) is 26.6 Å². The number of methoxy groups -OCH3 is 3. The molecule has 0 saturated heterocycles. The number of rotatable bonds is 7. The van der Waals surface area contributed by atoms with Crippen molar-refractivity contribution in [3.8, 4) is 28.5 Å². The molecule has 146 valence electrons. The molecule has 0 saturated carbocycles. The second kappa shape index (κ2) is 9.05. The van der Waals surface area contributed by atoms with E-state index in [1.807, 2.05) is 16.8 Å². The number of carbonyl (C=O) groups excluding carboxylic acids is 1. The van der Waals surface area contributed by atoms with Gasteiger partial charge in [0.25, 0.3) is 0 Å². The summed E-state index contributed by atoms with van der Waals surface area (Å²) in [6.07, 6.45) is 3.23. The van der Waals surface area contributed by atoms with Crippen molar-refractivity contribution in [3.05, 3.63) is 47.0 Å². The SMILES string of the molecule is COc1cc(NC(=O)NCc2nccnc2-c2ccsc2)cc(OC)c1OC. The van der Waals surface area contributed by atoms with Crippen LogP contribution in [0.5, 0.6) is 17.2 Å². The molecule has 3 aromatic rings. The fraction of sp³-hybridized carbons (Fsp3) is 0.211. The summed E-state index contributed by atoms with van der Waals surface area (Å²) < 4.78 is 15.9. The fourth-order valence-electron chi connectivity index (χ4n) is 2.63. The third-order valence-corrected chi connectivity index (χ3v) is 4.59. The number of hydrogen-bond acceptors (Lipinski definition) is 7. The largest absolute Gasteiger partial charge is 0.493 e. The smallest absolute Gasteiger partial charge is 0.319 e. The zero-order valence-electron chi connectivity index (χ0n) is 15.7. The van der Waals surface area contributed by atoms with Crippen LogP contribution in [0.1, 0.15) is 5.69 Å². The fourth-order valence-corrected chi connectivity index (χ4v) is 3.27. The second-order valence-corrected chi connectivity index (χ2v) is 6.37. The highest BCUT2D eigenvalue weighted by molar-refractivity contribution is 7.08. The lowest BCUT2D eigenvalue weighted by atomic mass is 10.2. The molecule has 28 heavy (non-hydrogen) atoms. The van der Waals surface area contributed by atoms with Crippen molar-refractivity contribution in [1.82, 2.24) is 15.3 Å². The van der Waals surface area contributed by atoms with Crippen molar-refractivity contribution >= 4 is 23.1 Å². The molecule has 0 fully saturated rings. The molecule has 0 aliphatic carbocycles. The molecule has 0 spiro atoms. The number of amides is 2. The lowest BCUT2D eigenvalue weighted by molar-refractivity contribution is 0.251. The van der Waals surface area contributed by atoms with Crippen LogP contribution < -0.4 is 24.8 Å². The van der Waals surface area contributed by atoms with Gasteiger partial charge in [-0.2, -0.15) is 11.3 Å². The second-order valence-electron chi connectivity index (χ2n) is 5.59. The van der Waals surface area contributed by atoms with Gasteiger partial charge in [0.2, 0.25) is 5.75 Å². The summed E-state index contributed by atoms with van der Waals surface area (Å²) in [6.45, 7) is 0.231. The van der Waals surface area contributed by atoms with E-state index in [-0.39, 0.29) is 6.54 Å². The number of thiophene rings is 1. The number of anilines is 1. The van der Waals surface area contributed by atoms with Crippen molar-refractivity contribution in [3.63, 3.8) is 0 Å². The van der Waals surface area contributed by atoms with Gasteiger partial charge in [-0.1, -0.05) is 0 Å². The number of ether oxygens (including phenoxy) is 3. The maximum atomic E-state index is 12.4. The Morgan fingerprint density at radius 2 is 1.79 bits per heavy atom. The molecule has 0 bridgehead atoms. The number of hydrogen-bond donors (Lipinski definition) is 2. The van der Waals surface area contributed by atoms with Crippen LogP contribution in [0.15, 0.2) is 41.4 Å².